The van der Waals surface area contributed by atoms with Gasteiger partial charge in [0, 0.05) is 10.0 Å². The molecule has 7 nitrogen and oxygen atoms in total. The van der Waals surface area contributed by atoms with Crippen molar-refractivity contribution in [1.29, 1.82) is 0 Å². The second kappa shape index (κ2) is 10.7. The third kappa shape index (κ3) is 6.37. The molecule has 1 N–H and O–H groups in total. The first kappa shape index (κ1) is 25.1. The Morgan fingerprint density at radius 3 is 2.29 bits per heavy atom. The van der Waals surface area contributed by atoms with Crippen LogP contribution >= 0.6 is 35.0 Å². The van der Waals surface area contributed by atoms with E-state index >= 15 is 0 Å². The molecule has 4 rings (SSSR count). The molecule has 0 aliphatic carbocycles. The molecule has 1 saturated heterocycles. The van der Waals surface area contributed by atoms with Gasteiger partial charge in [0.15, 0.2) is 16.7 Å². The molecule has 0 radical (unpaired) electrons. The lowest BCUT2D eigenvalue weighted by atomic mass is 10.2. The predicted octanol–water partition coefficient (Wildman–Crippen LogP) is 6.05. The van der Waals surface area contributed by atoms with Crippen LogP contribution in [0.4, 0.5) is 5.69 Å². The number of aliphatic imine (C=N–C) groups is 1. The number of hydrogen-bond acceptors (Lipinski definition) is 7. The predicted molar refractivity (Wildman–Crippen MR) is 139 cm³/mol. The molecule has 3 aromatic rings. The van der Waals surface area contributed by atoms with Crippen LogP contribution in [0.2, 0.25) is 10.0 Å². The summed E-state index contributed by atoms with van der Waals surface area (Å²) in [6.45, 7) is 2.05. The molecule has 11 heteroatoms. The van der Waals surface area contributed by atoms with Crippen molar-refractivity contribution >= 4 is 67.9 Å². The lowest BCUT2D eigenvalue weighted by molar-refractivity contribution is -0.115. The Morgan fingerprint density at radius 1 is 0.971 bits per heavy atom. The maximum Gasteiger partial charge on any atom is 0.339 e. The summed E-state index contributed by atoms with van der Waals surface area (Å²) in [7, 11) is -4.10. The summed E-state index contributed by atoms with van der Waals surface area (Å²) in [6, 6.07) is 17.3. The summed E-state index contributed by atoms with van der Waals surface area (Å²) in [4.78, 5) is 17.2. The fourth-order valence-electron chi connectivity index (χ4n) is 2.98. The number of benzene rings is 3. The average molecular weight is 549 g/mol. The van der Waals surface area contributed by atoms with Crippen LogP contribution in [-0.2, 0) is 14.9 Å². The van der Waals surface area contributed by atoms with Crippen LogP contribution in [0.3, 0.4) is 0 Å². The van der Waals surface area contributed by atoms with Crippen LogP contribution in [0.5, 0.6) is 11.5 Å². The second-order valence-corrected chi connectivity index (χ2v) is 10.5. The molecule has 1 aliphatic rings. The summed E-state index contributed by atoms with van der Waals surface area (Å²) in [6.07, 6.45) is 1.66. The number of halogens is 2. The minimum atomic E-state index is -4.10. The van der Waals surface area contributed by atoms with E-state index in [9.17, 15) is 13.2 Å². The van der Waals surface area contributed by atoms with Gasteiger partial charge >= 0.3 is 10.1 Å². The molecule has 0 atom stereocenters. The van der Waals surface area contributed by atoms with E-state index in [0.717, 1.165) is 0 Å². The molecule has 1 amide bonds. The van der Waals surface area contributed by atoms with Crippen LogP contribution in [0.25, 0.3) is 6.08 Å². The Labute approximate surface area is 216 Å². The van der Waals surface area contributed by atoms with Gasteiger partial charge in [-0.1, -0.05) is 29.3 Å². The summed E-state index contributed by atoms with van der Waals surface area (Å²) in [5, 5.41) is 4.16. The van der Waals surface area contributed by atoms with Crippen LogP contribution in [0.15, 0.2) is 81.5 Å². The summed E-state index contributed by atoms with van der Waals surface area (Å²) in [5.41, 5.74) is 1.27. The summed E-state index contributed by atoms with van der Waals surface area (Å²) >= 11 is 12.9. The van der Waals surface area contributed by atoms with E-state index in [1.54, 1.807) is 49.4 Å². The third-order valence-electron chi connectivity index (χ3n) is 4.58. The molecular formula is C24H18Cl2N2O5S2. The van der Waals surface area contributed by atoms with Crippen molar-refractivity contribution in [3.05, 3.63) is 87.2 Å². The number of rotatable bonds is 7. The highest BCUT2D eigenvalue weighted by Crippen LogP contribution is 2.34. The third-order valence-corrected chi connectivity index (χ3v) is 7.24. The van der Waals surface area contributed by atoms with Crippen molar-refractivity contribution in [3.8, 4) is 11.5 Å². The topological polar surface area (TPSA) is 94.1 Å². The zero-order valence-electron chi connectivity index (χ0n) is 18.2. The fraction of sp³-hybridized carbons (Fsp3) is 0.0833. The van der Waals surface area contributed by atoms with Crippen molar-refractivity contribution in [3.63, 3.8) is 0 Å². The molecular weight excluding hydrogens is 531 g/mol. The molecule has 3 aromatic carbocycles. The molecule has 0 unspecified atom stereocenters. The number of carbonyl (C=O) groups excluding carboxylic acids is 1. The Morgan fingerprint density at radius 2 is 1.63 bits per heavy atom. The first-order chi connectivity index (χ1) is 16.7. The molecule has 1 aliphatic heterocycles. The largest absolute Gasteiger partial charge is 0.490 e. The number of thioether (sulfide) groups is 1. The summed E-state index contributed by atoms with van der Waals surface area (Å²) in [5.74, 6) is -0.0540. The van der Waals surface area contributed by atoms with Gasteiger partial charge in [-0.2, -0.15) is 8.42 Å². The van der Waals surface area contributed by atoms with Gasteiger partial charge in [0.2, 0.25) is 0 Å². The van der Waals surface area contributed by atoms with Crippen molar-refractivity contribution < 1.29 is 22.1 Å². The van der Waals surface area contributed by atoms with Gasteiger partial charge in [-0.05, 0) is 91.0 Å². The van der Waals surface area contributed by atoms with Crippen LogP contribution in [0.1, 0.15) is 12.5 Å². The van der Waals surface area contributed by atoms with Gasteiger partial charge in [0.25, 0.3) is 5.91 Å². The molecule has 1 fully saturated rings. The summed E-state index contributed by atoms with van der Waals surface area (Å²) < 4.78 is 36.3. The molecule has 35 heavy (non-hydrogen) atoms. The van der Waals surface area contributed by atoms with E-state index < -0.39 is 10.1 Å². The van der Waals surface area contributed by atoms with Crippen LogP contribution in [0, 0.1) is 0 Å². The van der Waals surface area contributed by atoms with Gasteiger partial charge in [-0.25, -0.2) is 4.99 Å². The average Bonchev–Trinajstić information content (AvgIpc) is 3.16. The van der Waals surface area contributed by atoms with E-state index in [0.29, 0.717) is 31.4 Å². The maximum atomic E-state index is 12.7. The normalized spacial score (nSPS) is 15.9. The minimum absolute atomic E-state index is 0.0254. The van der Waals surface area contributed by atoms with Crippen molar-refractivity contribution in [2.24, 2.45) is 4.99 Å². The molecule has 0 aromatic heterocycles. The lowest BCUT2D eigenvalue weighted by Crippen LogP contribution is -2.19. The van der Waals surface area contributed by atoms with Gasteiger partial charge in [-0.3, -0.25) is 4.79 Å². The first-order valence-corrected chi connectivity index (χ1v) is 13.2. The Bertz CT molecular complexity index is 1420. The Kier molecular flexibility index (Phi) is 7.71. The van der Waals surface area contributed by atoms with E-state index in [1.165, 1.54) is 42.1 Å². The van der Waals surface area contributed by atoms with Gasteiger partial charge in [-0.15, -0.1) is 0 Å². The van der Waals surface area contributed by atoms with Crippen LogP contribution < -0.4 is 14.2 Å². The van der Waals surface area contributed by atoms with Gasteiger partial charge < -0.3 is 14.2 Å². The number of nitrogens with zero attached hydrogens (tertiary/aromatic N) is 1. The Hall–Kier alpha value is -2.98. The molecule has 0 bridgehead atoms. The van der Waals surface area contributed by atoms with Crippen molar-refractivity contribution in [2.75, 3.05) is 6.61 Å². The number of nitrogens with one attached hydrogen (secondary N) is 1. The number of hydrogen-bond donors (Lipinski definition) is 1. The fourth-order valence-corrected chi connectivity index (χ4v) is 5.02. The van der Waals surface area contributed by atoms with Crippen LogP contribution in [-0.4, -0.2) is 26.1 Å². The van der Waals surface area contributed by atoms with Gasteiger partial charge in [0.05, 0.1) is 17.2 Å². The molecule has 0 saturated carbocycles. The molecule has 1 heterocycles. The standard InChI is InChI=1S/C24H18Cl2N2O5S2/c1-2-32-21-13-15(3-12-20(21)33-35(30,31)19-10-6-17(26)7-11-19)14-22-23(29)28-24(34-22)27-18-8-4-16(25)5-9-18/h3-14H,2H2,1H3,(H,27,28,29)/b22-14-. The maximum absolute atomic E-state index is 12.7. The first-order valence-electron chi connectivity index (χ1n) is 10.3. The molecule has 180 valence electrons. The highest BCUT2D eigenvalue weighted by Gasteiger charge is 2.24. The highest BCUT2D eigenvalue weighted by molar-refractivity contribution is 8.18. The number of carbonyl (C=O) groups is 1. The van der Waals surface area contributed by atoms with Gasteiger partial charge in [0.1, 0.15) is 4.90 Å². The smallest absolute Gasteiger partial charge is 0.339 e. The minimum Gasteiger partial charge on any atom is -0.490 e. The zero-order chi connectivity index (χ0) is 25.0. The zero-order valence-corrected chi connectivity index (χ0v) is 21.3. The second-order valence-electron chi connectivity index (χ2n) is 7.09. The molecule has 0 spiro atoms. The monoisotopic (exact) mass is 548 g/mol. The van der Waals surface area contributed by atoms with E-state index in [1.807, 2.05) is 0 Å². The number of ether oxygens (including phenoxy) is 1. The van der Waals surface area contributed by atoms with E-state index in [4.69, 9.17) is 32.1 Å². The van der Waals surface area contributed by atoms with Crippen molar-refractivity contribution in [2.45, 2.75) is 11.8 Å². The number of amides is 1. The number of amidine groups is 1. The Balaban J connectivity index is 1.57. The lowest BCUT2D eigenvalue weighted by Gasteiger charge is -2.12. The SMILES string of the molecule is CCOc1cc(/C=C2\SC(=Nc3ccc(Cl)cc3)NC2=O)ccc1OS(=O)(=O)c1ccc(Cl)cc1. The quantitative estimate of drug-likeness (QED) is 0.285. The highest BCUT2D eigenvalue weighted by atomic mass is 35.5. The van der Waals surface area contributed by atoms with E-state index in [2.05, 4.69) is 10.3 Å². The van der Waals surface area contributed by atoms with Crippen molar-refractivity contribution in [1.82, 2.24) is 5.32 Å². The van der Waals surface area contributed by atoms with E-state index in [-0.39, 0.29) is 28.9 Å².